The topological polar surface area (TPSA) is 81.7 Å². The molecule has 98 valence electrons. The number of cyclic esters (lactones) is 2. The number of ether oxygens (including phenoxy) is 2. The highest BCUT2D eigenvalue weighted by Crippen LogP contribution is 2.22. The smallest absolute Gasteiger partial charge is 0.350 e. The molecule has 0 saturated carbocycles. The molecule has 1 saturated heterocycles. The van der Waals surface area contributed by atoms with Gasteiger partial charge in [-0.15, -0.1) is 0 Å². The first kappa shape index (κ1) is 14.0. The monoisotopic (exact) mass is 253 g/mol. The molecular weight excluding hydrogens is 238 g/mol. The molecule has 0 bridgehead atoms. The number of allylic oxidation sites excluding steroid dienone is 2. The van der Waals surface area contributed by atoms with Crippen LogP contribution >= 0.6 is 0 Å². The van der Waals surface area contributed by atoms with Crippen molar-refractivity contribution in [3.63, 3.8) is 0 Å². The molecule has 1 rings (SSSR count). The number of hydrogen-bond acceptors (Lipinski definition) is 6. The van der Waals surface area contributed by atoms with Crippen LogP contribution < -0.4 is 5.32 Å². The maximum Gasteiger partial charge on any atom is 0.350 e. The molecule has 0 unspecified atom stereocenters. The highest BCUT2D eigenvalue weighted by molar-refractivity contribution is 6.15. The van der Waals surface area contributed by atoms with Gasteiger partial charge in [0.05, 0.1) is 0 Å². The number of esters is 2. The Hall–Kier alpha value is -2.11. The zero-order chi connectivity index (χ0) is 13.9. The fourth-order valence-corrected chi connectivity index (χ4v) is 1.31. The van der Waals surface area contributed by atoms with E-state index in [0.29, 0.717) is 5.70 Å². The predicted molar refractivity (Wildman–Crippen MR) is 61.9 cm³/mol. The fraction of sp³-hybridized carbons (Fsp3) is 0.417. The Morgan fingerprint density at radius 2 is 1.67 bits per heavy atom. The summed E-state index contributed by atoms with van der Waals surface area (Å²) in [6.07, 6.45) is 2.50. The Bertz CT molecular complexity index is 437. The average Bonchev–Trinajstić information content (AvgIpc) is 2.12. The van der Waals surface area contributed by atoms with Crippen molar-refractivity contribution < 1.29 is 23.9 Å². The van der Waals surface area contributed by atoms with Gasteiger partial charge in [-0.3, -0.25) is 4.79 Å². The molecule has 1 aliphatic heterocycles. The maximum absolute atomic E-state index is 11.5. The third-order valence-corrected chi connectivity index (χ3v) is 1.98. The summed E-state index contributed by atoms with van der Waals surface area (Å²) < 4.78 is 9.79. The van der Waals surface area contributed by atoms with Crippen LogP contribution in [0.1, 0.15) is 27.7 Å². The summed E-state index contributed by atoms with van der Waals surface area (Å²) in [6, 6.07) is 0. The lowest BCUT2D eigenvalue weighted by molar-refractivity contribution is -0.222. The molecule has 0 aromatic carbocycles. The van der Waals surface area contributed by atoms with Crippen LogP contribution in [0.3, 0.4) is 0 Å². The van der Waals surface area contributed by atoms with Gasteiger partial charge in [0.2, 0.25) is 0 Å². The molecule has 1 fully saturated rings. The quantitative estimate of drug-likeness (QED) is 0.455. The lowest BCUT2D eigenvalue weighted by atomic mass is 10.2. The fourth-order valence-electron chi connectivity index (χ4n) is 1.31. The van der Waals surface area contributed by atoms with Crippen LogP contribution in [-0.2, 0) is 23.9 Å². The summed E-state index contributed by atoms with van der Waals surface area (Å²) in [5.41, 5.74) is 0.256. The molecule has 1 heterocycles. The molecule has 0 aliphatic carbocycles. The van der Waals surface area contributed by atoms with E-state index in [9.17, 15) is 14.4 Å². The SMILES string of the molecule is CC(=O)/C=C(\C)NC=C1C(=O)OC(C)(C)OC1=O. The number of nitrogens with one attached hydrogen (secondary N) is 1. The summed E-state index contributed by atoms with van der Waals surface area (Å²) >= 11 is 0. The number of ketones is 1. The molecule has 6 heteroatoms. The molecule has 0 spiro atoms. The van der Waals surface area contributed by atoms with Crippen LogP contribution in [-0.4, -0.2) is 23.5 Å². The van der Waals surface area contributed by atoms with Crippen molar-refractivity contribution in [2.75, 3.05) is 0 Å². The van der Waals surface area contributed by atoms with Gasteiger partial charge in [0.25, 0.3) is 5.79 Å². The summed E-state index contributed by atoms with van der Waals surface area (Å²) in [7, 11) is 0. The first-order chi connectivity index (χ1) is 8.21. The number of carbonyl (C=O) groups excluding carboxylic acids is 3. The zero-order valence-electron chi connectivity index (χ0n) is 10.7. The van der Waals surface area contributed by atoms with E-state index in [1.165, 1.54) is 26.8 Å². The Kier molecular flexibility index (Phi) is 3.90. The number of rotatable bonds is 3. The molecular formula is C12H15NO5. The van der Waals surface area contributed by atoms with Gasteiger partial charge >= 0.3 is 11.9 Å². The maximum atomic E-state index is 11.5. The predicted octanol–water partition coefficient (Wildman–Crippen LogP) is 0.789. The van der Waals surface area contributed by atoms with Crippen molar-refractivity contribution in [2.45, 2.75) is 33.5 Å². The van der Waals surface area contributed by atoms with Gasteiger partial charge in [0.1, 0.15) is 0 Å². The van der Waals surface area contributed by atoms with Gasteiger partial charge in [0.15, 0.2) is 11.4 Å². The molecule has 18 heavy (non-hydrogen) atoms. The minimum atomic E-state index is -1.25. The van der Waals surface area contributed by atoms with Crippen LogP contribution in [0.15, 0.2) is 23.5 Å². The summed E-state index contributed by atoms with van der Waals surface area (Å²) in [5, 5.41) is 2.65. The molecule has 0 amide bonds. The lowest BCUT2D eigenvalue weighted by Crippen LogP contribution is -2.42. The van der Waals surface area contributed by atoms with Gasteiger partial charge in [-0.2, -0.15) is 0 Å². The molecule has 0 aromatic heterocycles. The van der Waals surface area contributed by atoms with Gasteiger partial charge in [-0.25, -0.2) is 9.59 Å². The van der Waals surface area contributed by atoms with Crippen LogP contribution in [0.25, 0.3) is 0 Å². The second-order valence-electron chi connectivity index (χ2n) is 4.32. The third kappa shape index (κ3) is 3.73. The summed E-state index contributed by atoms with van der Waals surface area (Å²) in [6.45, 7) is 5.95. The first-order valence-corrected chi connectivity index (χ1v) is 5.33. The van der Waals surface area contributed by atoms with E-state index >= 15 is 0 Å². The second-order valence-corrected chi connectivity index (χ2v) is 4.32. The highest BCUT2D eigenvalue weighted by Gasteiger charge is 2.38. The molecule has 0 aromatic rings. The van der Waals surface area contributed by atoms with E-state index in [-0.39, 0.29) is 11.4 Å². The molecule has 0 atom stereocenters. The first-order valence-electron chi connectivity index (χ1n) is 5.33. The number of hydrogen-bond donors (Lipinski definition) is 1. The second kappa shape index (κ2) is 5.03. The molecule has 0 radical (unpaired) electrons. The Morgan fingerprint density at radius 1 is 1.17 bits per heavy atom. The third-order valence-electron chi connectivity index (χ3n) is 1.98. The Balaban J connectivity index is 2.81. The van der Waals surface area contributed by atoms with Crippen molar-refractivity contribution in [3.8, 4) is 0 Å². The highest BCUT2D eigenvalue weighted by atomic mass is 16.7. The number of carbonyl (C=O) groups is 3. The van der Waals surface area contributed by atoms with E-state index in [4.69, 9.17) is 9.47 Å². The summed E-state index contributed by atoms with van der Waals surface area (Å²) in [4.78, 5) is 33.9. The largest absolute Gasteiger partial charge is 0.419 e. The van der Waals surface area contributed by atoms with Crippen LogP contribution in [0, 0.1) is 0 Å². The average molecular weight is 253 g/mol. The van der Waals surface area contributed by atoms with Crippen molar-refractivity contribution >= 4 is 17.7 Å². The van der Waals surface area contributed by atoms with Crippen LogP contribution in [0.4, 0.5) is 0 Å². The van der Waals surface area contributed by atoms with Crippen molar-refractivity contribution in [1.29, 1.82) is 0 Å². The van der Waals surface area contributed by atoms with Gasteiger partial charge in [0, 0.05) is 25.7 Å². The van der Waals surface area contributed by atoms with Crippen molar-refractivity contribution in [3.05, 3.63) is 23.5 Å². The molecule has 1 aliphatic rings. The van der Waals surface area contributed by atoms with Crippen molar-refractivity contribution in [1.82, 2.24) is 5.32 Å². The van der Waals surface area contributed by atoms with Gasteiger partial charge < -0.3 is 14.8 Å². The normalized spacial score (nSPS) is 18.9. The van der Waals surface area contributed by atoms with Gasteiger partial charge in [-0.05, 0) is 19.9 Å². The van der Waals surface area contributed by atoms with Gasteiger partial charge in [-0.1, -0.05) is 0 Å². The van der Waals surface area contributed by atoms with E-state index in [2.05, 4.69) is 5.32 Å². The van der Waals surface area contributed by atoms with Crippen LogP contribution in [0.2, 0.25) is 0 Å². The standard InChI is InChI=1S/C12H15NO5/c1-7(5-8(2)14)13-6-9-10(15)17-12(3,4)18-11(9)16/h5-6,13H,1-4H3/b7-5+. The minimum absolute atomic E-state index is 0.145. The van der Waals surface area contributed by atoms with E-state index < -0.39 is 17.7 Å². The minimum Gasteiger partial charge on any atom is -0.419 e. The Morgan fingerprint density at radius 3 is 2.11 bits per heavy atom. The van der Waals surface area contributed by atoms with E-state index in [0.717, 1.165) is 6.20 Å². The molecule has 1 N–H and O–H groups in total. The Labute approximate surface area is 105 Å². The van der Waals surface area contributed by atoms with Crippen molar-refractivity contribution in [2.24, 2.45) is 0 Å². The lowest BCUT2D eigenvalue weighted by Gasteiger charge is -2.29. The van der Waals surface area contributed by atoms with Crippen LogP contribution in [0.5, 0.6) is 0 Å². The van der Waals surface area contributed by atoms with E-state index in [1.807, 2.05) is 0 Å². The zero-order valence-corrected chi connectivity index (χ0v) is 10.7. The molecule has 6 nitrogen and oxygen atoms in total. The van der Waals surface area contributed by atoms with E-state index in [1.54, 1.807) is 6.92 Å². The summed E-state index contributed by atoms with van der Waals surface area (Å²) in [5.74, 6) is -2.93.